The Labute approximate surface area is 170 Å². The standard InChI is InChI=1S/C19H21F3N4O4/c1-10-5-12(24-6-14(10)30-9-19(20,21)22)7-26-8-18(4-3-13(18)16(26)29)17(23)25-15(28)11(2)27/h3-6,11,13,27H,7-9H2,1-2H3,(H2,23,25,28)/t11-,13?,18?/m1/s1. The molecule has 1 aliphatic carbocycles. The van der Waals surface area contributed by atoms with Crippen LogP contribution in [0.1, 0.15) is 18.2 Å². The molecule has 30 heavy (non-hydrogen) atoms. The number of pyridine rings is 1. The van der Waals surface area contributed by atoms with Crippen molar-refractivity contribution in [2.75, 3.05) is 13.2 Å². The van der Waals surface area contributed by atoms with Crippen LogP contribution in [0.4, 0.5) is 13.2 Å². The molecule has 2 heterocycles. The van der Waals surface area contributed by atoms with Crippen molar-refractivity contribution in [1.82, 2.24) is 15.2 Å². The first-order valence-corrected chi connectivity index (χ1v) is 9.14. The topological polar surface area (TPSA) is 116 Å². The quantitative estimate of drug-likeness (QED) is 0.361. The summed E-state index contributed by atoms with van der Waals surface area (Å²) in [5.41, 5.74) is -0.0771. The summed E-state index contributed by atoms with van der Waals surface area (Å²) in [7, 11) is 0. The van der Waals surface area contributed by atoms with Gasteiger partial charge in [0.2, 0.25) is 5.91 Å². The summed E-state index contributed by atoms with van der Waals surface area (Å²) in [5, 5.41) is 19.9. The number of fused-ring (bicyclic) bond motifs is 1. The van der Waals surface area contributed by atoms with Gasteiger partial charge in [0.25, 0.3) is 5.91 Å². The molecule has 11 heteroatoms. The van der Waals surface area contributed by atoms with Crippen LogP contribution in [0.3, 0.4) is 0 Å². The molecule has 0 radical (unpaired) electrons. The average molecular weight is 426 g/mol. The normalized spacial score (nSPS) is 23.6. The highest BCUT2D eigenvalue weighted by Crippen LogP contribution is 2.47. The highest BCUT2D eigenvalue weighted by atomic mass is 19.4. The van der Waals surface area contributed by atoms with Gasteiger partial charge in [-0.05, 0) is 25.5 Å². The van der Waals surface area contributed by atoms with Gasteiger partial charge in [0.05, 0.1) is 29.8 Å². The summed E-state index contributed by atoms with van der Waals surface area (Å²) in [6, 6.07) is 1.54. The lowest BCUT2D eigenvalue weighted by molar-refractivity contribution is -0.153. The second kappa shape index (κ2) is 7.71. The predicted octanol–water partition coefficient (Wildman–Crippen LogP) is 1.32. The Hall–Kier alpha value is -2.95. The van der Waals surface area contributed by atoms with Crippen LogP contribution in [0.5, 0.6) is 5.75 Å². The summed E-state index contributed by atoms with van der Waals surface area (Å²) >= 11 is 0. The van der Waals surface area contributed by atoms with E-state index < -0.39 is 36.1 Å². The highest BCUT2D eigenvalue weighted by molar-refractivity contribution is 6.07. The van der Waals surface area contributed by atoms with Crippen LogP contribution in [0.15, 0.2) is 24.4 Å². The number of likely N-dealkylation sites (tertiary alicyclic amines) is 1. The number of ether oxygens (including phenoxy) is 1. The maximum absolute atomic E-state index is 12.7. The number of halogens is 3. The smallest absolute Gasteiger partial charge is 0.422 e. The average Bonchev–Trinajstić information content (AvgIpc) is 2.79. The van der Waals surface area contributed by atoms with Gasteiger partial charge in [-0.1, -0.05) is 12.2 Å². The molecule has 1 aromatic rings. The van der Waals surface area contributed by atoms with Crippen LogP contribution >= 0.6 is 0 Å². The van der Waals surface area contributed by atoms with E-state index >= 15 is 0 Å². The van der Waals surface area contributed by atoms with Crippen molar-refractivity contribution < 1.29 is 32.6 Å². The summed E-state index contributed by atoms with van der Waals surface area (Å²) in [6.45, 7) is 1.67. The number of aromatic nitrogens is 1. The Balaban J connectivity index is 1.68. The molecule has 162 valence electrons. The highest BCUT2D eigenvalue weighted by Gasteiger charge is 2.57. The van der Waals surface area contributed by atoms with Gasteiger partial charge in [-0.3, -0.25) is 20.0 Å². The Bertz CT molecular complexity index is 916. The second-order valence-electron chi connectivity index (χ2n) is 7.46. The number of amidine groups is 1. The summed E-state index contributed by atoms with van der Waals surface area (Å²) < 4.78 is 41.7. The number of aliphatic hydroxyl groups excluding tert-OH is 1. The number of nitrogens with zero attached hydrogens (tertiary/aromatic N) is 2. The van der Waals surface area contributed by atoms with E-state index in [1.807, 2.05) is 0 Å². The van der Waals surface area contributed by atoms with Crippen molar-refractivity contribution in [1.29, 1.82) is 5.41 Å². The fraction of sp³-hybridized carbons (Fsp3) is 0.474. The lowest BCUT2D eigenvalue weighted by atomic mass is 9.68. The molecule has 8 nitrogen and oxygen atoms in total. The van der Waals surface area contributed by atoms with Crippen LogP contribution in [0, 0.1) is 23.7 Å². The molecule has 0 bridgehead atoms. The van der Waals surface area contributed by atoms with Crippen molar-refractivity contribution >= 4 is 17.6 Å². The van der Waals surface area contributed by atoms with E-state index in [1.54, 1.807) is 25.1 Å². The van der Waals surface area contributed by atoms with Crippen molar-refractivity contribution in [2.24, 2.45) is 11.3 Å². The molecule has 1 saturated heterocycles. The number of carbonyl (C=O) groups excluding carboxylic acids is 2. The van der Waals surface area contributed by atoms with E-state index in [9.17, 15) is 27.9 Å². The van der Waals surface area contributed by atoms with Crippen LogP contribution in [-0.2, 0) is 16.1 Å². The Morgan fingerprint density at radius 2 is 2.23 bits per heavy atom. The van der Waals surface area contributed by atoms with Gasteiger partial charge in [-0.15, -0.1) is 0 Å². The summed E-state index contributed by atoms with van der Waals surface area (Å²) in [5.74, 6) is -1.74. The van der Waals surface area contributed by atoms with Gasteiger partial charge < -0.3 is 20.1 Å². The number of aliphatic hydroxyl groups is 1. The van der Waals surface area contributed by atoms with Gasteiger partial charge in [-0.2, -0.15) is 13.2 Å². The molecule has 0 aromatic carbocycles. The first kappa shape index (κ1) is 21.8. The maximum Gasteiger partial charge on any atom is 0.422 e. The number of aryl methyl sites for hydroxylation is 1. The van der Waals surface area contributed by atoms with Crippen molar-refractivity contribution in [3.05, 3.63) is 35.7 Å². The van der Waals surface area contributed by atoms with Gasteiger partial charge in [0.15, 0.2) is 6.61 Å². The zero-order valence-corrected chi connectivity index (χ0v) is 16.3. The van der Waals surface area contributed by atoms with Crippen LogP contribution < -0.4 is 10.1 Å². The molecule has 3 rings (SSSR count). The van der Waals surface area contributed by atoms with E-state index in [-0.39, 0.29) is 30.6 Å². The number of amides is 2. The monoisotopic (exact) mass is 426 g/mol. The lowest BCUT2D eigenvalue weighted by Crippen LogP contribution is -2.51. The van der Waals surface area contributed by atoms with Crippen LogP contribution in [0.2, 0.25) is 0 Å². The Morgan fingerprint density at radius 1 is 1.53 bits per heavy atom. The molecular formula is C19H21F3N4O4. The van der Waals surface area contributed by atoms with E-state index in [1.165, 1.54) is 18.0 Å². The fourth-order valence-electron chi connectivity index (χ4n) is 3.46. The lowest BCUT2D eigenvalue weighted by Gasteiger charge is -2.36. The minimum atomic E-state index is -4.46. The number of nitrogens with one attached hydrogen (secondary N) is 2. The van der Waals surface area contributed by atoms with Gasteiger partial charge in [-0.25, -0.2) is 0 Å². The zero-order chi connectivity index (χ0) is 22.3. The minimum absolute atomic E-state index is 0.00430. The first-order chi connectivity index (χ1) is 13.9. The third-order valence-electron chi connectivity index (χ3n) is 5.13. The number of hydrogen-bond donors (Lipinski definition) is 3. The van der Waals surface area contributed by atoms with Crippen LogP contribution in [0.25, 0.3) is 0 Å². The van der Waals surface area contributed by atoms with Gasteiger partial charge >= 0.3 is 6.18 Å². The Morgan fingerprint density at radius 3 is 2.77 bits per heavy atom. The third-order valence-corrected chi connectivity index (χ3v) is 5.13. The number of rotatable bonds is 6. The number of hydrogen-bond acceptors (Lipinski definition) is 6. The third kappa shape index (κ3) is 4.16. The zero-order valence-electron chi connectivity index (χ0n) is 16.3. The number of alkyl halides is 3. The fourth-order valence-corrected chi connectivity index (χ4v) is 3.46. The van der Waals surface area contributed by atoms with Crippen molar-refractivity contribution in [2.45, 2.75) is 32.7 Å². The largest absolute Gasteiger partial charge is 0.482 e. The maximum atomic E-state index is 12.7. The summed E-state index contributed by atoms with van der Waals surface area (Å²) in [4.78, 5) is 30.0. The molecule has 0 spiro atoms. The van der Waals surface area contributed by atoms with E-state index in [4.69, 9.17) is 10.1 Å². The molecule has 3 atom stereocenters. The molecule has 1 aliphatic heterocycles. The van der Waals surface area contributed by atoms with Crippen LogP contribution in [-0.4, -0.2) is 58.1 Å². The van der Waals surface area contributed by atoms with E-state index in [0.29, 0.717) is 11.3 Å². The molecule has 2 unspecified atom stereocenters. The molecule has 3 N–H and O–H groups in total. The molecular weight excluding hydrogens is 405 g/mol. The first-order valence-electron chi connectivity index (χ1n) is 9.14. The van der Waals surface area contributed by atoms with E-state index in [0.717, 1.165) is 0 Å². The van der Waals surface area contributed by atoms with Gasteiger partial charge in [0, 0.05) is 6.54 Å². The predicted molar refractivity (Wildman–Crippen MR) is 98.6 cm³/mol. The van der Waals surface area contributed by atoms with Gasteiger partial charge in [0.1, 0.15) is 17.7 Å². The molecule has 2 aliphatic rings. The molecule has 0 saturated carbocycles. The number of carbonyl (C=O) groups is 2. The van der Waals surface area contributed by atoms with Crippen molar-refractivity contribution in [3.63, 3.8) is 0 Å². The molecule has 2 amide bonds. The summed E-state index contributed by atoms with van der Waals surface area (Å²) in [6.07, 6.45) is -1.24. The Kier molecular flexibility index (Phi) is 5.59. The van der Waals surface area contributed by atoms with Crippen molar-refractivity contribution in [3.8, 4) is 5.75 Å². The molecule has 1 fully saturated rings. The van der Waals surface area contributed by atoms with E-state index in [2.05, 4.69) is 10.3 Å². The SMILES string of the molecule is Cc1cc(CN2CC3(C(=N)NC(=O)[C@@H](C)O)C=CC3C2=O)ncc1OCC(F)(F)F. The molecule has 1 aromatic heterocycles. The second-order valence-corrected chi connectivity index (χ2v) is 7.46. The minimum Gasteiger partial charge on any atom is -0.482 e.